The van der Waals surface area contributed by atoms with E-state index in [0.29, 0.717) is 13.0 Å². The number of carbonyl (C=O) groups excluding carboxylic acids is 1. The molecule has 1 fully saturated rings. The van der Waals surface area contributed by atoms with Gasteiger partial charge in [-0.25, -0.2) is 0 Å². The monoisotopic (exact) mass is 326 g/mol. The Bertz CT molecular complexity index is 436. The van der Waals surface area contributed by atoms with Gasteiger partial charge in [0.15, 0.2) is 0 Å². The molecule has 3 N–H and O–H groups in total. The zero-order valence-electron chi connectivity index (χ0n) is 10.9. The van der Waals surface area contributed by atoms with Crippen LogP contribution in [0.25, 0.3) is 0 Å². The maximum Gasteiger partial charge on any atom is 0.237 e. The van der Waals surface area contributed by atoms with Crippen LogP contribution in [0.2, 0.25) is 0 Å². The molecule has 1 aliphatic rings. The Balaban J connectivity index is 1.82. The van der Waals surface area contributed by atoms with Gasteiger partial charge < -0.3 is 15.7 Å². The van der Waals surface area contributed by atoms with E-state index < -0.39 is 6.10 Å². The van der Waals surface area contributed by atoms with Gasteiger partial charge in [-0.05, 0) is 37.5 Å². The predicted molar refractivity (Wildman–Crippen MR) is 77.9 cm³/mol. The molecule has 1 amide bonds. The Kier molecular flexibility index (Phi) is 4.96. The number of rotatable bonds is 4. The molecular weight excluding hydrogens is 308 g/mol. The first-order valence-corrected chi connectivity index (χ1v) is 7.30. The lowest BCUT2D eigenvalue weighted by molar-refractivity contribution is -0.123. The van der Waals surface area contributed by atoms with Gasteiger partial charge in [-0.15, -0.1) is 0 Å². The van der Waals surface area contributed by atoms with Gasteiger partial charge in [0.25, 0.3) is 0 Å². The van der Waals surface area contributed by atoms with Gasteiger partial charge in [0, 0.05) is 17.1 Å². The summed E-state index contributed by atoms with van der Waals surface area (Å²) in [4.78, 5) is 12.0. The molecule has 104 valence electrons. The van der Waals surface area contributed by atoms with Crippen LogP contribution in [0.1, 0.15) is 18.9 Å². The lowest BCUT2D eigenvalue weighted by atomic mass is 10.1. The maximum atomic E-state index is 12.0. The summed E-state index contributed by atoms with van der Waals surface area (Å²) >= 11 is 3.40. The highest BCUT2D eigenvalue weighted by atomic mass is 79.9. The molecule has 1 aromatic rings. The molecule has 1 aromatic carbocycles. The van der Waals surface area contributed by atoms with Crippen LogP contribution in [-0.4, -0.2) is 35.7 Å². The van der Waals surface area contributed by atoms with Crippen LogP contribution in [0.15, 0.2) is 28.7 Å². The zero-order chi connectivity index (χ0) is 13.8. The van der Waals surface area contributed by atoms with Crippen molar-refractivity contribution in [3.05, 3.63) is 34.3 Å². The summed E-state index contributed by atoms with van der Waals surface area (Å²) in [6.07, 6.45) is 0.892. The molecule has 19 heavy (non-hydrogen) atoms. The van der Waals surface area contributed by atoms with Crippen molar-refractivity contribution in [2.45, 2.75) is 38.0 Å². The van der Waals surface area contributed by atoms with Gasteiger partial charge in [-0.2, -0.15) is 0 Å². The van der Waals surface area contributed by atoms with Gasteiger partial charge in [0.1, 0.15) is 0 Å². The largest absolute Gasteiger partial charge is 0.392 e. The molecular formula is C14H19BrN2O2. The molecule has 0 bridgehead atoms. The highest BCUT2D eigenvalue weighted by molar-refractivity contribution is 9.10. The first-order chi connectivity index (χ1) is 9.04. The minimum Gasteiger partial charge on any atom is -0.392 e. The number of aliphatic hydroxyl groups is 1. The third-order valence-electron chi connectivity index (χ3n) is 3.27. The second-order valence-electron chi connectivity index (χ2n) is 5.09. The molecule has 0 saturated carbocycles. The standard InChI is InChI=1S/C14H19BrN2O2/c1-9(6-10-2-4-11(15)5-3-10)17-14(19)13-7-12(18)8-16-13/h2-5,9,12-13,16,18H,6-8H2,1H3,(H,17,19)/t9-,12-,13+/m1/s1. The fraction of sp³-hybridized carbons (Fsp3) is 0.500. The molecule has 1 aliphatic heterocycles. The SMILES string of the molecule is C[C@H](Cc1ccc(Br)cc1)NC(=O)[C@@H]1C[C@@H](O)CN1. The van der Waals surface area contributed by atoms with Crippen molar-refractivity contribution in [2.24, 2.45) is 0 Å². The van der Waals surface area contributed by atoms with Crippen molar-refractivity contribution in [1.29, 1.82) is 0 Å². The van der Waals surface area contributed by atoms with Crippen LogP contribution >= 0.6 is 15.9 Å². The van der Waals surface area contributed by atoms with E-state index in [0.717, 1.165) is 10.9 Å². The molecule has 0 unspecified atom stereocenters. The Hall–Kier alpha value is -0.910. The van der Waals surface area contributed by atoms with E-state index in [1.165, 1.54) is 5.56 Å². The molecule has 1 saturated heterocycles. The molecule has 3 atom stereocenters. The van der Waals surface area contributed by atoms with E-state index in [2.05, 4.69) is 26.6 Å². The van der Waals surface area contributed by atoms with Crippen molar-refractivity contribution < 1.29 is 9.90 Å². The Morgan fingerprint density at radius 1 is 1.53 bits per heavy atom. The molecule has 0 radical (unpaired) electrons. The van der Waals surface area contributed by atoms with Crippen molar-refractivity contribution in [2.75, 3.05) is 6.54 Å². The highest BCUT2D eigenvalue weighted by Gasteiger charge is 2.28. The van der Waals surface area contributed by atoms with Crippen molar-refractivity contribution >= 4 is 21.8 Å². The third kappa shape index (κ3) is 4.30. The predicted octanol–water partition coefficient (Wildman–Crippen LogP) is 1.22. The van der Waals surface area contributed by atoms with E-state index in [1.807, 2.05) is 31.2 Å². The quantitative estimate of drug-likeness (QED) is 0.779. The van der Waals surface area contributed by atoms with Crippen LogP contribution in [0.4, 0.5) is 0 Å². The summed E-state index contributed by atoms with van der Waals surface area (Å²) in [6.45, 7) is 2.49. The van der Waals surface area contributed by atoms with Crippen molar-refractivity contribution in [3.63, 3.8) is 0 Å². The van der Waals surface area contributed by atoms with Crippen LogP contribution < -0.4 is 10.6 Å². The second kappa shape index (κ2) is 6.50. The molecule has 0 aromatic heterocycles. The first kappa shape index (κ1) is 14.5. The van der Waals surface area contributed by atoms with E-state index >= 15 is 0 Å². The zero-order valence-corrected chi connectivity index (χ0v) is 12.5. The van der Waals surface area contributed by atoms with E-state index in [-0.39, 0.29) is 18.0 Å². The topological polar surface area (TPSA) is 61.4 Å². The number of halogens is 1. The number of nitrogens with one attached hydrogen (secondary N) is 2. The molecule has 0 spiro atoms. The highest BCUT2D eigenvalue weighted by Crippen LogP contribution is 2.12. The second-order valence-corrected chi connectivity index (χ2v) is 6.01. The number of carbonyl (C=O) groups is 1. The van der Waals surface area contributed by atoms with Crippen molar-refractivity contribution in [1.82, 2.24) is 10.6 Å². The molecule has 2 rings (SSSR count). The Morgan fingerprint density at radius 3 is 2.79 bits per heavy atom. The molecule has 0 aliphatic carbocycles. The van der Waals surface area contributed by atoms with Gasteiger partial charge in [0.05, 0.1) is 12.1 Å². The summed E-state index contributed by atoms with van der Waals surface area (Å²) < 4.78 is 1.05. The van der Waals surface area contributed by atoms with Gasteiger partial charge in [-0.1, -0.05) is 28.1 Å². The molecule has 4 nitrogen and oxygen atoms in total. The smallest absolute Gasteiger partial charge is 0.237 e. The summed E-state index contributed by atoms with van der Waals surface area (Å²) in [7, 11) is 0. The van der Waals surface area contributed by atoms with E-state index in [4.69, 9.17) is 0 Å². The molecule has 1 heterocycles. The molecule has 5 heteroatoms. The van der Waals surface area contributed by atoms with Crippen LogP contribution in [0.5, 0.6) is 0 Å². The van der Waals surface area contributed by atoms with Gasteiger partial charge in [-0.3, -0.25) is 4.79 Å². The Labute approximate surface area is 121 Å². The number of hydrogen-bond donors (Lipinski definition) is 3. The van der Waals surface area contributed by atoms with E-state index in [9.17, 15) is 9.90 Å². The number of hydrogen-bond acceptors (Lipinski definition) is 3. The van der Waals surface area contributed by atoms with Crippen LogP contribution in [-0.2, 0) is 11.2 Å². The minimum absolute atomic E-state index is 0.0267. The lowest BCUT2D eigenvalue weighted by Gasteiger charge is -2.17. The number of β-amino-alcohol motifs (C(OH)–C–C–N with tert-alkyl or cyclic N) is 1. The van der Waals surface area contributed by atoms with Gasteiger partial charge >= 0.3 is 0 Å². The average Bonchev–Trinajstić information content (AvgIpc) is 2.79. The minimum atomic E-state index is -0.405. The van der Waals surface area contributed by atoms with Gasteiger partial charge in [0.2, 0.25) is 5.91 Å². The van der Waals surface area contributed by atoms with Crippen LogP contribution in [0, 0.1) is 0 Å². The summed E-state index contributed by atoms with van der Waals surface area (Å²) in [6, 6.07) is 7.90. The average molecular weight is 327 g/mol. The number of benzene rings is 1. The van der Waals surface area contributed by atoms with Crippen LogP contribution in [0.3, 0.4) is 0 Å². The fourth-order valence-electron chi connectivity index (χ4n) is 2.29. The third-order valence-corrected chi connectivity index (χ3v) is 3.80. The summed E-state index contributed by atoms with van der Waals surface area (Å²) in [5, 5.41) is 15.4. The number of amides is 1. The Morgan fingerprint density at radius 2 is 2.21 bits per heavy atom. The maximum absolute atomic E-state index is 12.0. The first-order valence-electron chi connectivity index (χ1n) is 6.51. The van der Waals surface area contributed by atoms with E-state index in [1.54, 1.807) is 0 Å². The summed E-state index contributed by atoms with van der Waals surface area (Å²) in [5.74, 6) is -0.0267. The normalized spacial score (nSPS) is 24.2. The van der Waals surface area contributed by atoms with Crippen molar-refractivity contribution in [3.8, 4) is 0 Å². The summed E-state index contributed by atoms with van der Waals surface area (Å²) in [5.41, 5.74) is 1.19. The number of aliphatic hydroxyl groups excluding tert-OH is 1. The lowest BCUT2D eigenvalue weighted by Crippen LogP contribution is -2.44. The fourth-order valence-corrected chi connectivity index (χ4v) is 2.55.